The van der Waals surface area contributed by atoms with E-state index in [1.807, 2.05) is 0 Å². The van der Waals surface area contributed by atoms with E-state index in [4.69, 9.17) is 154 Å². The summed E-state index contributed by atoms with van der Waals surface area (Å²) in [5, 5.41) is 0. The number of phosphoric acid groups is 8. The molecule has 0 rings (SSSR count). The van der Waals surface area contributed by atoms with E-state index in [1.54, 1.807) is 0 Å². The van der Waals surface area contributed by atoms with Gasteiger partial charge in [0.15, 0.2) is 0 Å². The molecule has 0 aliphatic carbocycles. The van der Waals surface area contributed by atoms with Gasteiger partial charge in [0.2, 0.25) is 0 Å². The van der Waals surface area contributed by atoms with Crippen molar-refractivity contribution >= 4 is 228 Å². The molecule has 0 aliphatic rings. The molecule has 0 fully saturated rings. The summed E-state index contributed by atoms with van der Waals surface area (Å²) in [5.41, 5.74) is 0. The fourth-order valence-electron chi connectivity index (χ4n) is 0. The Kier molecular flexibility index (Phi) is 123. The summed E-state index contributed by atoms with van der Waals surface area (Å²) in [6, 6.07) is 0. The zero-order chi connectivity index (χ0) is 36.0. The van der Waals surface area contributed by atoms with Crippen molar-refractivity contribution in [1.29, 1.82) is 0 Å². The van der Waals surface area contributed by atoms with Crippen LogP contribution in [0.1, 0.15) is 0 Å². The molecule has 0 aromatic heterocycles. The summed E-state index contributed by atoms with van der Waals surface area (Å²) >= 11 is 0. The van der Waals surface area contributed by atoms with Gasteiger partial charge in [-0.25, -0.2) is 0 Å². The van der Waals surface area contributed by atoms with Crippen molar-refractivity contribution in [3.05, 3.63) is 0 Å². The molecule has 271 valence electrons. The molecule has 0 aliphatic heterocycles. The van der Waals surface area contributed by atoms with Crippen molar-refractivity contribution in [1.82, 2.24) is 0 Å². The van der Waals surface area contributed by atoms with Crippen molar-refractivity contribution < 1.29 is 205 Å². The van der Waals surface area contributed by atoms with Crippen molar-refractivity contribution in [2.45, 2.75) is 0 Å². The zero-order valence-corrected chi connectivity index (χ0v) is 42.1. The van der Waals surface area contributed by atoms with Gasteiger partial charge in [-0.3, -0.25) is 0 Å². The van der Waals surface area contributed by atoms with Crippen LogP contribution in [0.2, 0.25) is 0 Å². The summed E-state index contributed by atoms with van der Waals surface area (Å²) in [7, 11) is -43.1. The van der Waals surface area contributed by atoms with E-state index in [2.05, 4.69) is 0 Å². The van der Waals surface area contributed by atoms with Crippen molar-refractivity contribution in [3.8, 4) is 0 Å². The Morgan fingerprint density at radius 3 is 0.184 bits per heavy atom. The monoisotopic (exact) mass is 1130 g/mol. The molecular weight excluding hydrogens is 1130 g/mol. The van der Waals surface area contributed by atoms with E-state index in [0.29, 0.717) is 0 Å². The standard InChI is InChI=1S/3Al.3Ca.3Fe.8H3O4P/c;;;;;;;;;8*1-5(2,3)4/h;;;;;;;;;8*(H3,1,2,3,4)/q3*+3;3*+2;3*+3;;;;;;;;/p-24. The molecule has 49 heteroatoms. The molecule has 0 saturated heterocycles. The summed E-state index contributed by atoms with van der Waals surface area (Å²) in [5.74, 6) is 0. The summed E-state index contributed by atoms with van der Waals surface area (Å²) < 4.78 is 68.4. The van der Waals surface area contributed by atoms with E-state index >= 15 is 0 Å². The van der Waals surface area contributed by atoms with Crippen molar-refractivity contribution in [2.24, 2.45) is 0 Å². The first kappa shape index (κ1) is 112. The molecule has 0 N–H and O–H groups in total. The third-order valence-electron chi connectivity index (χ3n) is 0. The molecule has 0 saturated carbocycles. The minimum atomic E-state index is -5.39. The minimum absolute atomic E-state index is 0. The molecule has 0 aromatic carbocycles. The fraction of sp³-hybridized carbons (Fsp3) is 0. The van der Waals surface area contributed by atoms with Gasteiger partial charge in [0.05, 0.1) is 0 Å². The summed E-state index contributed by atoms with van der Waals surface area (Å²) in [4.78, 5) is 205. The molecule has 0 spiro atoms. The maximum Gasteiger partial charge on any atom is 3.00 e. The quantitative estimate of drug-likeness (QED) is 0.161. The van der Waals surface area contributed by atoms with E-state index in [1.165, 1.54) is 0 Å². The molecular formula is Al3Ca3Fe3O32P8. The molecule has 0 unspecified atom stereocenters. The Balaban J connectivity index is -0.0000000155. The molecule has 0 heterocycles. The first-order valence-corrected chi connectivity index (χ1v) is 17.5. The first-order valence-electron chi connectivity index (χ1n) is 5.84. The molecule has 0 bridgehead atoms. The second kappa shape index (κ2) is 53.8. The van der Waals surface area contributed by atoms with E-state index in [0.717, 1.165) is 0 Å². The Bertz CT molecular complexity index is 686. The Morgan fingerprint density at radius 2 is 0.184 bits per heavy atom. The Labute approximate surface area is 426 Å². The van der Waals surface area contributed by atoms with Gasteiger partial charge in [0.1, 0.15) is 0 Å². The van der Waals surface area contributed by atoms with Gasteiger partial charge < -0.3 is 154 Å². The van der Waals surface area contributed by atoms with Gasteiger partial charge in [-0.15, -0.1) is 0 Å². The maximum absolute atomic E-state index is 8.55. The Hall–Kier alpha value is 7.82. The zero-order valence-electron chi connectivity index (χ0n) is 21.6. The van der Waals surface area contributed by atoms with Crippen LogP contribution in [-0.2, 0) is 87.7 Å². The normalized spacial score (nSPS) is 9.63. The van der Waals surface area contributed by atoms with Crippen LogP contribution in [0.4, 0.5) is 0 Å². The third-order valence-corrected chi connectivity index (χ3v) is 0. The van der Waals surface area contributed by atoms with Gasteiger partial charge in [0, 0.05) is 0 Å². The van der Waals surface area contributed by atoms with Crippen LogP contribution < -0.4 is 117 Å². The molecule has 32 nitrogen and oxygen atoms in total. The van der Waals surface area contributed by atoms with Gasteiger partial charge >= 0.3 is 217 Å². The summed E-state index contributed by atoms with van der Waals surface area (Å²) in [6.45, 7) is 0. The largest absolute Gasteiger partial charge is 3.00 e. The molecule has 3 radical (unpaired) electrons. The predicted octanol–water partition coefficient (Wildman–Crippen LogP) is -24.9. The topological polar surface area (TPSA) is 690 Å². The van der Waals surface area contributed by atoms with E-state index in [-0.39, 0.29) is 217 Å². The summed E-state index contributed by atoms with van der Waals surface area (Å²) in [6.07, 6.45) is 0. The fourth-order valence-corrected chi connectivity index (χ4v) is 0. The number of hydrogen-bond acceptors (Lipinski definition) is 32. The van der Waals surface area contributed by atoms with Crippen LogP contribution in [0.25, 0.3) is 0 Å². The second-order valence-electron chi connectivity index (χ2n) is 3.58. The molecule has 0 aromatic rings. The second-order valence-corrected chi connectivity index (χ2v) is 10.7. The van der Waals surface area contributed by atoms with Crippen LogP contribution in [0.5, 0.6) is 0 Å². The van der Waals surface area contributed by atoms with Crippen LogP contribution >= 0.6 is 62.6 Å². The van der Waals surface area contributed by atoms with Crippen molar-refractivity contribution in [2.75, 3.05) is 0 Å². The van der Waals surface area contributed by atoms with Gasteiger partial charge in [-0.05, 0) is 0 Å². The maximum atomic E-state index is 8.55. The minimum Gasteiger partial charge on any atom is -0.822 e. The average Bonchev–Trinajstić information content (AvgIpc) is 2.16. The molecule has 0 amide bonds. The van der Waals surface area contributed by atoms with Gasteiger partial charge in [-0.1, -0.05) is 0 Å². The molecule has 0 atom stereocenters. The smallest absolute Gasteiger partial charge is 0.822 e. The van der Waals surface area contributed by atoms with Crippen LogP contribution in [-0.4, -0.2) is 165 Å². The third kappa shape index (κ3) is 2650. The first-order chi connectivity index (χ1) is 16.0. The van der Waals surface area contributed by atoms with Crippen molar-refractivity contribution in [3.63, 3.8) is 0 Å². The SMILES string of the molecule is O=P([O-])([O-])[O-].O=P([O-])([O-])[O-].O=P([O-])([O-])[O-].O=P([O-])([O-])[O-].O=P([O-])([O-])[O-].O=P([O-])([O-])[O-].O=P([O-])([O-])[O-].O=P([O-])([O-])[O-].[Al+3].[Al+3].[Al+3].[Ca+2].[Ca+2].[Ca+2].[Fe+3].[Fe+3].[Fe+3]. The molecule has 49 heavy (non-hydrogen) atoms. The predicted molar refractivity (Wildman–Crippen MR) is 95.4 cm³/mol. The van der Waals surface area contributed by atoms with E-state index in [9.17, 15) is 0 Å². The average molecular weight is 1130 g/mol. The number of rotatable bonds is 0. The van der Waals surface area contributed by atoms with E-state index < -0.39 is 62.6 Å². The van der Waals surface area contributed by atoms with Gasteiger partial charge in [-0.2, -0.15) is 62.6 Å². The Morgan fingerprint density at radius 1 is 0.184 bits per heavy atom. The van der Waals surface area contributed by atoms with Crippen LogP contribution in [0.3, 0.4) is 0 Å². The van der Waals surface area contributed by atoms with Crippen LogP contribution in [0.15, 0.2) is 0 Å². The van der Waals surface area contributed by atoms with Crippen LogP contribution in [0, 0.1) is 0 Å². The van der Waals surface area contributed by atoms with Gasteiger partial charge in [0.25, 0.3) is 0 Å². The number of hydrogen-bond donors (Lipinski definition) is 0.